The van der Waals surface area contributed by atoms with E-state index in [0.717, 1.165) is 96.3 Å². The molecule has 0 spiro atoms. The summed E-state index contributed by atoms with van der Waals surface area (Å²) in [5.74, 6) is -0.949. The molecule has 0 N–H and O–H groups in total. The van der Waals surface area contributed by atoms with Gasteiger partial charge in [0.1, 0.15) is 13.2 Å². The number of carbonyl (C=O) groups excluding carboxylic acids is 3. The van der Waals surface area contributed by atoms with Crippen LogP contribution in [0.1, 0.15) is 226 Å². The molecule has 0 aliphatic rings. The third-order valence-electron chi connectivity index (χ3n) is 10.5. The molecular formula is C55H92O6. The van der Waals surface area contributed by atoms with Gasteiger partial charge in [0.15, 0.2) is 6.10 Å². The van der Waals surface area contributed by atoms with E-state index < -0.39 is 6.10 Å². The monoisotopic (exact) mass is 849 g/mol. The quantitative estimate of drug-likeness (QED) is 0.0263. The lowest BCUT2D eigenvalue weighted by atomic mass is 10.0. The molecule has 0 aromatic rings. The van der Waals surface area contributed by atoms with Gasteiger partial charge in [0.05, 0.1) is 0 Å². The highest BCUT2D eigenvalue weighted by molar-refractivity contribution is 5.71. The van der Waals surface area contributed by atoms with E-state index in [1.165, 1.54) is 89.9 Å². The van der Waals surface area contributed by atoms with Gasteiger partial charge in [-0.05, 0) is 57.8 Å². The SMILES string of the molecule is CCC\C=C/C=C\C=C/C=C\C=C/CCCCCCCC(=O)OCC(COC(=O)CCCCC/C=C\C=C/CCCC)OC(=O)CCCCCCCCCCCCCCCC. The molecule has 1 atom stereocenters. The van der Waals surface area contributed by atoms with Gasteiger partial charge in [0.2, 0.25) is 0 Å². The van der Waals surface area contributed by atoms with Crippen LogP contribution < -0.4 is 0 Å². The molecule has 0 saturated heterocycles. The van der Waals surface area contributed by atoms with Gasteiger partial charge >= 0.3 is 17.9 Å². The Morgan fingerprint density at radius 3 is 1.07 bits per heavy atom. The lowest BCUT2D eigenvalue weighted by molar-refractivity contribution is -0.167. The molecule has 348 valence electrons. The van der Waals surface area contributed by atoms with Crippen LogP contribution >= 0.6 is 0 Å². The third-order valence-corrected chi connectivity index (χ3v) is 10.5. The molecule has 0 saturated carbocycles. The van der Waals surface area contributed by atoms with Gasteiger partial charge < -0.3 is 14.2 Å². The number of hydrogen-bond acceptors (Lipinski definition) is 6. The number of allylic oxidation sites excluding steroid dienone is 14. The van der Waals surface area contributed by atoms with E-state index in [1.807, 2.05) is 24.3 Å². The summed E-state index contributed by atoms with van der Waals surface area (Å²) in [5.41, 5.74) is 0. The summed E-state index contributed by atoms with van der Waals surface area (Å²) in [4.78, 5) is 37.9. The molecule has 0 rings (SSSR count). The molecule has 0 heterocycles. The molecule has 1 unspecified atom stereocenters. The van der Waals surface area contributed by atoms with E-state index in [2.05, 4.69) is 81.5 Å². The lowest BCUT2D eigenvalue weighted by Gasteiger charge is -2.18. The number of ether oxygens (including phenoxy) is 3. The van der Waals surface area contributed by atoms with Crippen molar-refractivity contribution in [3.63, 3.8) is 0 Å². The summed E-state index contributed by atoms with van der Waals surface area (Å²) >= 11 is 0. The van der Waals surface area contributed by atoms with Crippen molar-refractivity contribution in [1.29, 1.82) is 0 Å². The maximum atomic E-state index is 12.8. The second-order valence-electron chi connectivity index (χ2n) is 16.5. The molecule has 6 nitrogen and oxygen atoms in total. The van der Waals surface area contributed by atoms with Crippen LogP contribution in [0.4, 0.5) is 0 Å². The van der Waals surface area contributed by atoms with Crippen LogP contribution in [0.5, 0.6) is 0 Å². The van der Waals surface area contributed by atoms with Crippen LogP contribution in [0, 0.1) is 0 Å². The summed E-state index contributed by atoms with van der Waals surface area (Å²) in [6.07, 6.45) is 62.7. The zero-order valence-corrected chi connectivity index (χ0v) is 39.7. The van der Waals surface area contributed by atoms with Crippen molar-refractivity contribution in [2.75, 3.05) is 13.2 Å². The molecule has 0 bridgehead atoms. The first kappa shape index (κ1) is 57.6. The maximum absolute atomic E-state index is 12.8. The Hall–Kier alpha value is -3.41. The molecular weight excluding hydrogens is 757 g/mol. The average Bonchev–Trinajstić information content (AvgIpc) is 3.26. The zero-order valence-electron chi connectivity index (χ0n) is 39.7. The summed E-state index contributed by atoms with van der Waals surface area (Å²) in [5, 5.41) is 0. The summed E-state index contributed by atoms with van der Waals surface area (Å²) in [7, 11) is 0. The van der Waals surface area contributed by atoms with E-state index >= 15 is 0 Å². The van der Waals surface area contributed by atoms with Crippen molar-refractivity contribution < 1.29 is 28.6 Å². The Bertz CT molecular complexity index is 1200. The molecule has 0 aromatic heterocycles. The first-order valence-corrected chi connectivity index (χ1v) is 25.2. The van der Waals surface area contributed by atoms with Crippen LogP contribution in [0.2, 0.25) is 0 Å². The Morgan fingerprint density at radius 1 is 0.328 bits per heavy atom. The molecule has 61 heavy (non-hydrogen) atoms. The number of carbonyl (C=O) groups is 3. The normalized spacial score (nSPS) is 12.8. The van der Waals surface area contributed by atoms with Crippen LogP contribution in [-0.4, -0.2) is 37.2 Å². The van der Waals surface area contributed by atoms with Gasteiger partial charge in [0, 0.05) is 19.3 Å². The summed E-state index contributed by atoms with van der Waals surface area (Å²) in [6, 6.07) is 0. The molecule has 6 heteroatoms. The fraction of sp³-hybridized carbons (Fsp3) is 0.691. The minimum Gasteiger partial charge on any atom is -0.462 e. The summed E-state index contributed by atoms with van der Waals surface area (Å²) in [6.45, 7) is 6.45. The minimum atomic E-state index is -0.795. The molecule has 0 amide bonds. The van der Waals surface area contributed by atoms with Crippen LogP contribution in [-0.2, 0) is 28.6 Å². The average molecular weight is 849 g/mol. The minimum absolute atomic E-state index is 0.0977. The van der Waals surface area contributed by atoms with Crippen LogP contribution in [0.25, 0.3) is 0 Å². The molecule has 0 radical (unpaired) electrons. The van der Waals surface area contributed by atoms with Crippen molar-refractivity contribution in [2.24, 2.45) is 0 Å². The number of hydrogen-bond donors (Lipinski definition) is 0. The van der Waals surface area contributed by atoms with Gasteiger partial charge in [-0.1, -0.05) is 234 Å². The first-order chi connectivity index (χ1) is 30.0. The molecule has 0 fully saturated rings. The predicted molar refractivity (Wildman–Crippen MR) is 261 cm³/mol. The highest BCUT2D eigenvalue weighted by atomic mass is 16.6. The van der Waals surface area contributed by atoms with Crippen LogP contribution in [0.3, 0.4) is 0 Å². The van der Waals surface area contributed by atoms with Gasteiger partial charge in [-0.15, -0.1) is 0 Å². The van der Waals surface area contributed by atoms with Gasteiger partial charge in [-0.2, -0.15) is 0 Å². The van der Waals surface area contributed by atoms with E-state index in [0.29, 0.717) is 19.3 Å². The summed E-state index contributed by atoms with van der Waals surface area (Å²) < 4.78 is 16.7. The standard InChI is InChI=1S/C55H92O6/c1-4-7-10-13-16-19-22-24-26-27-28-29-31-33-36-39-42-45-48-54(57)60-51-52(50-59-53(56)47-44-41-38-35-32-21-18-15-12-9-6-3)61-55(58)49-46-43-40-37-34-30-25-23-20-17-14-11-8-5-2/h10,13,15-16,18-19,21-22,24,26-29,32,52H,4-9,11-12,14,17,20,23,25,30-31,33-51H2,1-3H3/b13-10-,18-15-,19-16-,24-22-,27-26-,29-28-,32-21-. The second-order valence-corrected chi connectivity index (χ2v) is 16.5. The topological polar surface area (TPSA) is 78.9 Å². The van der Waals surface area contributed by atoms with Crippen molar-refractivity contribution in [3.05, 3.63) is 85.1 Å². The van der Waals surface area contributed by atoms with Crippen molar-refractivity contribution in [2.45, 2.75) is 232 Å². The Kier molecular flexibility index (Phi) is 46.5. The van der Waals surface area contributed by atoms with Crippen molar-refractivity contribution >= 4 is 17.9 Å². The Labute approximate surface area is 375 Å². The van der Waals surface area contributed by atoms with Crippen LogP contribution in [0.15, 0.2) is 85.1 Å². The zero-order chi connectivity index (χ0) is 44.4. The van der Waals surface area contributed by atoms with Gasteiger partial charge in [-0.3, -0.25) is 14.4 Å². The Balaban J connectivity index is 4.45. The van der Waals surface area contributed by atoms with E-state index in [4.69, 9.17) is 14.2 Å². The highest BCUT2D eigenvalue weighted by Crippen LogP contribution is 2.15. The molecule has 0 aliphatic carbocycles. The lowest BCUT2D eigenvalue weighted by Crippen LogP contribution is -2.30. The highest BCUT2D eigenvalue weighted by Gasteiger charge is 2.19. The smallest absolute Gasteiger partial charge is 0.306 e. The van der Waals surface area contributed by atoms with E-state index in [-0.39, 0.29) is 31.1 Å². The number of esters is 3. The van der Waals surface area contributed by atoms with Gasteiger partial charge in [0.25, 0.3) is 0 Å². The third kappa shape index (κ3) is 47.5. The van der Waals surface area contributed by atoms with Gasteiger partial charge in [-0.25, -0.2) is 0 Å². The van der Waals surface area contributed by atoms with Crippen molar-refractivity contribution in [1.82, 2.24) is 0 Å². The van der Waals surface area contributed by atoms with E-state index in [1.54, 1.807) is 0 Å². The van der Waals surface area contributed by atoms with Crippen molar-refractivity contribution in [3.8, 4) is 0 Å². The fourth-order valence-corrected chi connectivity index (χ4v) is 6.68. The number of rotatable bonds is 44. The second kappa shape index (κ2) is 49.2. The number of unbranched alkanes of at least 4 members (excludes halogenated alkanes) is 24. The Morgan fingerprint density at radius 2 is 0.639 bits per heavy atom. The fourth-order valence-electron chi connectivity index (χ4n) is 6.68. The molecule has 0 aliphatic heterocycles. The first-order valence-electron chi connectivity index (χ1n) is 25.2. The maximum Gasteiger partial charge on any atom is 0.306 e. The molecule has 0 aromatic carbocycles. The predicted octanol–water partition coefficient (Wildman–Crippen LogP) is 16.4. The largest absolute Gasteiger partial charge is 0.462 e. The van der Waals surface area contributed by atoms with E-state index in [9.17, 15) is 14.4 Å².